The number of rotatable bonds is 4. The predicted octanol–water partition coefficient (Wildman–Crippen LogP) is 0.168. The van der Waals surface area contributed by atoms with Gasteiger partial charge in [0.15, 0.2) is 6.10 Å². The van der Waals surface area contributed by atoms with E-state index in [0.29, 0.717) is 0 Å². The number of hydrogen-bond donors (Lipinski definition) is 3. The van der Waals surface area contributed by atoms with Gasteiger partial charge in [0.05, 0.1) is 6.54 Å². The maximum Gasteiger partial charge on any atom is 0.416 e. The van der Waals surface area contributed by atoms with Crippen LogP contribution in [0.1, 0.15) is 19.3 Å². The Balaban J connectivity index is 2.19. The summed E-state index contributed by atoms with van der Waals surface area (Å²) >= 11 is 0. The van der Waals surface area contributed by atoms with E-state index in [-0.39, 0.29) is 12.5 Å². The third kappa shape index (κ3) is 4.36. The van der Waals surface area contributed by atoms with Crippen LogP contribution in [-0.2, 0) is 4.79 Å². The van der Waals surface area contributed by atoms with E-state index in [9.17, 15) is 18.0 Å². The van der Waals surface area contributed by atoms with Crippen LogP contribution in [0, 0.1) is 0 Å². The van der Waals surface area contributed by atoms with E-state index in [1.807, 2.05) is 0 Å². The molecular formula is C9H15F3N2O2. The van der Waals surface area contributed by atoms with Gasteiger partial charge in [0.1, 0.15) is 0 Å². The third-order valence-electron chi connectivity index (χ3n) is 2.46. The van der Waals surface area contributed by atoms with Gasteiger partial charge in [-0.25, -0.2) is 0 Å². The zero-order valence-electron chi connectivity index (χ0n) is 8.68. The zero-order chi connectivity index (χ0) is 12.2. The number of aliphatic hydroxyl groups is 1. The van der Waals surface area contributed by atoms with Crippen molar-refractivity contribution in [1.82, 2.24) is 10.6 Å². The van der Waals surface area contributed by atoms with Crippen molar-refractivity contribution in [3.63, 3.8) is 0 Å². The van der Waals surface area contributed by atoms with E-state index in [2.05, 4.69) is 10.6 Å². The summed E-state index contributed by atoms with van der Waals surface area (Å²) in [7, 11) is 0. The molecule has 0 aromatic rings. The predicted molar refractivity (Wildman–Crippen MR) is 50.7 cm³/mol. The minimum absolute atomic E-state index is 0.0445. The molecule has 3 N–H and O–H groups in total. The van der Waals surface area contributed by atoms with E-state index in [0.717, 1.165) is 19.4 Å². The van der Waals surface area contributed by atoms with Crippen LogP contribution in [0.15, 0.2) is 0 Å². The second-order valence-electron chi connectivity index (χ2n) is 3.86. The summed E-state index contributed by atoms with van der Waals surface area (Å²) < 4.78 is 35.7. The maximum absolute atomic E-state index is 11.9. The summed E-state index contributed by atoms with van der Waals surface area (Å²) in [6, 6.07) is 0.0445. The standard InChI is InChI=1S/C9H15F3N2O2/c10-9(11,12)7(15)5-14-8(16)4-6-2-1-3-13-6/h6-7,13,15H,1-5H2,(H,14,16). The van der Waals surface area contributed by atoms with Crippen LogP contribution >= 0.6 is 0 Å². The van der Waals surface area contributed by atoms with Crippen molar-refractivity contribution in [2.24, 2.45) is 0 Å². The molecule has 2 atom stereocenters. The molecule has 0 radical (unpaired) electrons. The van der Waals surface area contributed by atoms with Crippen LogP contribution in [-0.4, -0.2) is 42.4 Å². The molecule has 0 bridgehead atoms. The molecule has 1 amide bonds. The highest BCUT2D eigenvalue weighted by molar-refractivity contribution is 5.76. The normalized spacial score (nSPS) is 23.1. The minimum Gasteiger partial charge on any atom is -0.382 e. The van der Waals surface area contributed by atoms with Gasteiger partial charge in [0.2, 0.25) is 5.91 Å². The number of hydrogen-bond acceptors (Lipinski definition) is 3. The Morgan fingerprint density at radius 1 is 1.56 bits per heavy atom. The lowest BCUT2D eigenvalue weighted by Crippen LogP contribution is -2.42. The fourth-order valence-corrected chi connectivity index (χ4v) is 1.55. The minimum atomic E-state index is -4.68. The number of nitrogens with one attached hydrogen (secondary N) is 2. The Bertz CT molecular complexity index is 239. The first-order valence-electron chi connectivity index (χ1n) is 5.14. The number of aliphatic hydroxyl groups excluding tert-OH is 1. The molecular weight excluding hydrogens is 225 g/mol. The Kier molecular flexibility index (Phi) is 4.55. The lowest BCUT2D eigenvalue weighted by molar-refractivity contribution is -0.201. The van der Waals surface area contributed by atoms with Crippen LogP contribution in [0.3, 0.4) is 0 Å². The molecule has 1 saturated heterocycles. The number of halogens is 3. The summed E-state index contributed by atoms with van der Waals surface area (Å²) in [5.74, 6) is -0.470. The number of amides is 1. The second kappa shape index (κ2) is 5.49. The molecule has 1 rings (SSSR count). The van der Waals surface area contributed by atoms with Crippen molar-refractivity contribution in [1.29, 1.82) is 0 Å². The zero-order valence-corrected chi connectivity index (χ0v) is 8.68. The van der Waals surface area contributed by atoms with Crippen molar-refractivity contribution in [2.75, 3.05) is 13.1 Å². The summed E-state index contributed by atoms with van der Waals surface area (Å²) in [6.45, 7) is 0.0537. The van der Waals surface area contributed by atoms with E-state index in [1.54, 1.807) is 0 Å². The van der Waals surface area contributed by atoms with Crippen molar-refractivity contribution < 1.29 is 23.1 Å². The average molecular weight is 240 g/mol. The van der Waals surface area contributed by atoms with Gasteiger partial charge < -0.3 is 15.7 Å². The fraction of sp³-hybridized carbons (Fsp3) is 0.889. The molecule has 0 aliphatic carbocycles. The molecule has 1 fully saturated rings. The third-order valence-corrected chi connectivity index (χ3v) is 2.46. The van der Waals surface area contributed by atoms with E-state index < -0.39 is 24.7 Å². The van der Waals surface area contributed by atoms with Crippen LogP contribution in [0.5, 0.6) is 0 Å². The molecule has 1 aliphatic heterocycles. The highest BCUT2D eigenvalue weighted by Crippen LogP contribution is 2.19. The van der Waals surface area contributed by atoms with Crippen LogP contribution < -0.4 is 10.6 Å². The molecule has 7 heteroatoms. The molecule has 4 nitrogen and oxygen atoms in total. The van der Waals surface area contributed by atoms with E-state index in [1.165, 1.54) is 0 Å². The molecule has 94 valence electrons. The van der Waals surface area contributed by atoms with Crippen molar-refractivity contribution in [3.05, 3.63) is 0 Å². The van der Waals surface area contributed by atoms with Gasteiger partial charge in [-0.3, -0.25) is 4.79 Å². The molecule has 0 aromatic heterocycles. The Morgan fingerprint density at radius 2 is 2.25 bits per heavy atom. The Hall–Kier alpha value is -0.820. The SMILES string of the molecule is O=C(CC1CCCN1)NCC(O)C(F)(F)F. The van der Waals surface area contributed by atoms with Gasteiger partial charge in [-0.1, -0.05) is 0 Å². The highest BCUT2D eigenvalue weighted by atomic mass is 19.4. The number of alkyl halides is 3. The molecule has 0 saturated carbocycles. The van der Waals surface area contributed by atoms with Crippen molar-refractivity contribution in [2.45, 2.75) is 37.6 Å². The van der Waals surface area contributed by atoms with Gasteiger partial charge in [0, 0.05) is 12.5 Å². The van der Waals surface area contributed by atoms with Gasteiger partial charge >= 0.3 is 6.18 Å². The largest absolute Gasteiger partial charge is 0.416 e. The topological polar surface area (TPSA) is 61.4 Å². The van der Waals surface area contributed by atoms with E-state index >= 15 is 0 Å². The monoisotopic (exact) mass is 240 g/mol. The molecule has 1 aliphatic rings. The lowest BCUT2D eigenvalue weighted by atomic mass is 10.1. The van der Waals surface area contributed by atoms with Crippen molar-refractivity contribution in [3.8, 4) is 0 Å². The quantitative estimate of drug-likeness (QED) is 0.656. The molecule has 1 heterocycles. The highest BCUT2D eigenvalue weighted by Gasteiger charge is 2.38. The summed E-state index contributed by atoms with van der Waals surface area (Å²) in [5.41, 5.74) is 0. The summed E-state index contributed by atoms with van der Waals surface area (Å²) in [4.78, 5) is 11.2. The van der Waals surface area contributed by atoms with E-state index in [4.69, 9.17) is 5.11 Å². The first-order chi connectivity index (χ1) is 7.39. The molecule has 0 aromatic carbocycles. The van der Waals surface area contributed by atoms with Gasteiger partial charge in [-0.2, -0.15) is 13.2 Å². The Labute approximate surface area is 91.2 Å². The summed E-state index contributed by atoms with van der Waals surface area (Å²) in [5, 5.41) is 13.8. The first-order valence-corrected chi connectivity index (χ1v) is 5.14. The van der Waals surface area contributed by atoms with Crippen LogP contribution in [0.25, 0.3) is 0 Å². The smallest absolute Gasteiger partial charge is 0.382 e. The average Bonchev–Trinajstić information content (AvgIpc) is 2.65. The molecule has 0 spiro atoms. The Morgan fingerprint density at radius 3 is 2.75 bits per heavy atom. The van der Waals surface area contributed by atoms with Gasteiger partial charge in [-0.05, 0) is 19.4 Å². The van der Waals surface area contributed by atoms with Gasteiger partial charge in [0.25, 0.3) is 0 Å². The molecule has 16 heavy (non-hydrogen) atoms. The van der Waals surface area contributed by atoms with Crippen LogP contribution in [0.2, 0.25) is 0 Å². The fourth-order valence-electron chi connectivity index (χ4n) is 1.55. The first kappa shape index (κ1) is 13.2. The molecule has 2 unspecified atom stereocenters. The second-order valence-corrected chi connectivity index (χ2v) is 3.86. The van der Waals surface area contributed by atoms with Gasteiger partial charge in [-0.15, -0.1) is 0 Å². The maximum atomic E-state index is 11.9. The summed E-state index contributed by atoms with van der Waals surface area (Å²) in [6.07, 6.45) is -5.19. The van der Waals surface area contributed by atoms with Crippen LogP contribution in [0.4, 0.5) is 13.2 Å². The lowest BCUT2D eigenvalue weighted by Gasteiger charge is -2.16. The van der Waals surface area contributed by atoms with Crippen molar-refractivity contribution >= 4 is 5.91 Å². The number of carbonyl (C=O) groups is 1. The number of carbonyl (C=O) groups excluding carboxylic acids is 1.